The quantitative estimate of drug-likeness (QED) is 0.476. The van der Waals surface area contributed by atoms with Crippen LogP contribution in [0, 0.1) is 0 Å². The Bertz CT molecular complexity index is 314. The van der Waals surface area contributed by atoms with Gasteiger partial charge in [-0.2, -0.15) is 0 Å². The lowest BCUT2D eigenvalue weighted by Gasteiger charge is -2.07. The lowest BCUT2D eigenvalue weighted by atomic mass is 10.2. The number of ether oxygens (including phenoxy) is 2. The number of nitrogens with one attached hydrogen (secondary N) is 1. The molecule has 0 amide bonds. The first-order valence-electron chi connectivity index (χ1n) is 7.03. The number of rotatable bonds is 11. The molecule has 0 bridgehead atoms. The second kappa shape index (κ2) is 10.8. The van der Waals surface area contributed by atoms with Crippen molar-refractivity contribution in [3.05, 3.63) is 29.8 Å². The molecule has 1 rings (SSSR count). The highest BCUT2D eigenvalue weighted by Gasteiger charge is 1.93. The molecule has 0 radical (unpaired) electrons. The Morgan fingerprint density at radius 3 is 2.37 bits per heavy atom. The van der Waals surface area contributed by atoms with Crippen LogP contribution < -0.4 is 11.1 Å². The number of nitrogen functional groups attached to an aromatic ring is 1. The Hall–Kier alpha value is -1.10. The maximum Gasteiger partial charge on any atom is 0.0701 e. The van der Waals surface area contributed by atoms with E-state index in [0.29, 0.717) is 19.8 Å². The van der Waals surface area contributed by atoms with E-state index in [-0.39, 0.29) is 0 Å². The summed E-state index contributed by atoms with van der Waals surface area (Å²) in [5, 5.41) is 3.33. The SMILES string of the molecule is CCCCOCCOCCNCc1ccc(N)cc1. The van der Waals surface area contributed by atoms with Gasteiger partial charge >= 0.3 is 0 Å². The molecule has 0 aliphatic rings. The van der Waals surface area contributed by atoms with Crippen LogP contribution in [-0.4, -0.2) is 33.0 Å². The third-order valence-electron chi connectivity index (χ3n) is 2.75. The van der Waals surface area contributed by atoms with E-state index in [1.54, 1.807) is 0 Å². The molecule has 0 saturated carbocycles. The van der Waals surface area contributed by atoms with Crippen LogP contribution in [0.5, 0.6) is 0 Å². The van der Waals surface area contributed by atoms with Crippen molar-refractivity contribution in [3.8, 4) is 0 Å². The van der Waals surface area contributed by atoms with Crippen molar-refractivity contribution in [2.45, 2.75) is 26.3 Å². The van der Waals surface area contributed by atoms with Crippen LogP contribution >= 0.6 is 0 Å². The van der Waals surface area contributed by atoms with Gasteiger partial charge in [0.05, 0.1) is 19.8 Å². The van der Waals surface area contributed by atoms with Gasteiger partial charge in [0, 0.05) is 25.4 Å². The van der Waals surface area contributed by atoms with Gasteiger partial charge < -0.3 is 20.5 Å². The zero-order chi connectivity index (χ0) is 13.8. The maximum absolute atomic E-state index is 5.63. The fourth-order valence-corrected chi connectivity index (χ4v) is 1.58. The fraction of sp³-hybridized carbons (Fsp3) is 0.600. The van der Waals surface area contributed by atoms with Crippen LogP contribution in [-0.2, 0) is 16.0 Å². The first-order valence-corrected chi connectivity index (χ1v) is 7.03. The van der Waals surface area contributed by atoms with Crippen molar-refractivity contribution >= 4 is 5.69 Å². The molecule has 0 spiro atoms. The van der Waals surface area contributed by atoms with Gasteiger partial charge in [0.1, 0.15) is 0 Å². The summed E-state index contributed by atoms with van der Waals surface area (Å²) in [5.74, 6) is 0. The van der Waals surface area contributed by atoms with Crippen LogP contribution in [0.3, 0.4) is 0 Å². The number of hydrogen-bond acceptors (Lipinski definition) is 4. The summed E-state index contributed by atoms with van der Waals surface area (Å²) in [4.78, 5) is 0. The average Bonchev–Trinajstić information content (AvgIpc) is 2.43. The highest BCUT2D eigenvalue weighted by atomic mass is 16.5. The first-order chi connectivity index (χ1) is 9.33. The van der Waals surface area contributed by atoms with Gasteiger partial charge in [-0.15, -0.1) is 0 Å². The van der Waals surface area contributed by atoms with E-state index in [1.807, 2.05) is 24.3 Å². The Morgan fingerprint density at radius 2 is 1.68 bits per heavy atom. The summed E-state index contributed by atoms with van der Waals surface area (Å²) in [7, 11) is 0. The molecule has 0 atom stereocenters. The third kappa shape index (κ3) is 8.59. The van der Waals surface area contributed by atoms with Crippen molar-refractivity contribution in [3.63, 3.8) is 0 Å². The van der Waals surface area contributed by atoms with Crippen molar-refractivity contribution in [1.29, 1.82) is 0 Å². The van der Waals surface area contributed by atoms with Gasteiger partial charge in [-0.3, -0.25) is 0 Å². The monoisotopic (exact) mass is 266 g/mol. The lowest BCUT2D eigenvalue weighted by molar-refractivity contribution is 0.0477. The van der Waals surface area contributed by atoms with Crippen LogP contribution in [0.1, 0.15) is 25.3 Å². The first kappa shape index (κ1) is 16.0. The number of anilines is 1. The van der Waals surface area contributed by atoms with E-state index < -0.39 is 0 Å². The highest BCUT2D eigenvalue weighted by Crippen LogP contribution is 2.04. The molecule has 0 saturated heterocycles. The van der Waals surface area contributed by atoms with Gasteiger partial charge in [0.15, 0.2) is 0 Å². The summed E-state index contributed by atoms with van der Waals surface area (Å²) in [6.45, 7) is 6.77. The van der Waals surface area contributed by atoms with Gasteiger partial charge in [-0.05, 0) is 24.1 Å². The number of nitrogens with two attached hydrogens (primary N) is 1. The van der Waals surface area contributed by atoms with Crippen molar-refractivity contribution in [2.75, 3.05) is 38.7 Å². The summed E-state index contributed by atoms with van der Waals surface area (Å²) in [5.41, 5.74) is 7.66. The van der Waals surface area contributed by atoms with Crippen LogP contribution in [0.4, 0.5) is 5.69 Å². The number of hydrogen-bond donors (Lipinski definition) is 2. The molecule has 0 heterocycles. The van der Waals surface area contributed by atoms with Crippen LogP contribution in [0.15, 0.2) is 24.3 Å². The summed E-state index contributed by atoms with van der Waals surface area (Å²) >= 11 is 0. The van der Waals surface area contributed by atoms with Gasteiger partial charge in [0.25, 0.3) is 0 Å². The Balaban J connectivity index is 1.87. The summed E-state index contributed by atoms with van der Waals surface area (Å²) in [6, 6.07) is 7.90. The second-order valence-electron chi connectivity index (χ2n) is 4.50. The third-order valence-corrected chi connectivity index (χ3v) is 2.75. The van der Waals surface area contributed by atoms with Crippen molar-refractivity contribution < 1.29 is 9.47 Å². The molecule has 19 heavy (non-hydrogen) atoms. The molecule has 108 valence electrons. The van der Waals surface area contributed by atoms with E-state index in [2.05, 4.69) is 12.2 Å². The molecule has 1 aromatic rings. The number of benzene rings is 1. The molecule has 0 aliphatic carbocycles. The summed E-state index contributed by atoms with van der Waals surface area (Å²) < 4.78 is 10.9. The fourth-order valence-electron chi connectivity index (χ4n) is 1.58. The lowest BCUT2D eigenvalue weighted by Crippen LogP contribution is -2.20. The molecule has 4 nitrogen and oxygen atoms in total. The zero-order valence-corrected chi connectivity index (χ0v) is 11.9. The topological polar surface area (TPSA) is 56.5 Å². The standard InChI is InChI=1S/C15H26N2O2/c1-2-3-9-18-11-12-19-10-8-17-13-14-4-6-15(16)7-5-14/h4-7,17H,2-3,8-13,16H2,1H3. The largest absolute Gasteiger partial charge is 0.399 e. The predicted octanol–water partition coefficient (Wildman–Crippen LogP) is 2.19. The molecule has 1 aromatic carbocycles. The van der Waals surface area contributed by atoms with E-state index in [0.717, 1.165) is 31.8 Å². The van der Waals surface area contributed by atoms with Crippen molar-refractivity contribution in [1.82, 2.24) is 5.32 Å². The van der Waals surface area contributed by atoms with Crippen LogP contribution in [0.25, 0.3) is 0 Å². The average molecular weight is 266 g/mol. The molecule has 0 fully saturated rings. The maximum atomic E-state index is 5.63. The minimum Gasteiger partial charge on any atom is -0.399 e. The second-order valence-corrected chi connectivity index (χ2v) is 4.50. The predicted molar refractivity (Wildman–Crippen MR) is 79.1 cm³/mol. The van der Waals surface area contributed by atoms with E-state index >= 15 is 0 Å². The molecule has 0 aliphatic heterocycles. The van der Waals surface area contributed by atoms with E-state index in [1.165, 1.54) is 12.0 Å². The normalized spacial score (nSPS) is 10.8. The van der Waals surface area contributed by atoms with E-state index in [9.17, 15) is 0 Å². The molecular formula is C15H26N2O2. The van der Waals surface area contributed by atoms with E-state index in [4.69, 9.17) is 15.2 Å². The van der Waals surface area contributed by atoms with Crippen molar-refractivity contribution in [2.24, 2.45) is 0 Å². The van der Waals surface area contributed by atoms with Gasteiger partial charge in [-0.25, -0.2) is 0 Å². The highest BCUT2D eigenvalue weighted by molar-refractivity contribution is 5.39. The molecule has 0 aromatic heterocycles. The minimum absolute atomic E-state index is 0.674. The van der Waals surface area contributed by atoms with Crippen LogP contribution in [0.2, 0.25) is 0 Å². The number of unbranched alkanes of at least 4 members (excludes halogenated alkanes) is 1. The molecular weight excluding hydrogens is 240 g/mol. The molecule has 4 heteroatoms. The Morgan fingerprint density at radius 1 is 1.00 bits per heavy atom. The minimum atomic E-state index is 0.674. The molecule has 3 N–H and O–H groups in total. The Labute approximate surface area is 116 Å². The van der Waals surface area contributed by atoms with Gasteiger partial charge in [0.2, 0.25) is 0 Å². The summed E-state index contributed by atoms with van der Waals surface area (Å²) in [6.07, 6.45) is 2.30. The zero-order valence-electron chi connectivity index (χ0n) is 11.9. The Kier molecular flexibility index (Phi) is 9.06. The smallest absolute Gasteiger partial charge is 0.0701 e. The van der Waals surface area contributed by atoms with Gasteiger partial charge in [-0.1, -0.05) is 25.5 Å². The molecule has 0 unspecified atom stereocenters.